The van der Waals surface area contributed by atoms with Crippen LogP contribution in [-0.4, -0.2) is 81.8 Å². The Morgan fingerprint density at radius 1 is 1.27 bits per heavy atom. The molecule has 0 spiro atoms. The second kappa shape index (κ2) is 7.91. The highest BCUT2D eigenvalue weighted by atomic mass is 16.5. The van der Waals surface area contributed by atoms with Crippen LogP contribution < -0.4 is 5.73 Å². The number of phenols is 1. The third-order valence-corrected chi connectivity index (χ3v) is 7.37. The van der Waals surface area contributed by atoms with Gasteiger partial charge in [-0.1, -0.05) is 6.07 Å². The summed E-state index contributed by atoms with van der Waals surface area (Å²) in [5.41, 5.74) is 3.89. The number of aliphatic hydroxyl groups excluding tert-OH is 2. The number of allylic oxidation sites excluding steroid dienone is 1. The number of aliphatic hydroxyl groups is 3. The smallest absolute Gasteiger partial charge is 0.230 e. The number of nitrogens with two attached hydrogens (primary N) is 1. The summed E-state index contributed by atoms with van der Waals surface area (Å²) in [6, 6.07) is 2.12. The highest BCUT2D eigenvalue weighted by molar-refractivity contribution is 6.15. The predicted molar refractivity (Wildman–Crippen MR) is 114 cm³/mol. The maximum Gasteiger partial charge on any atom is 0.230 e. The molecule has 2 unspecified atom stereocenters. The van der Waals surface area contributed by atoms with Crippen molar-refractivity contribution in [2.75, 3.05) is 21.2 Å². The Kier molecular flexibility index (Phi) is 5.60. The number of fused-ring (bicyclic) bond motifs is 3. The van der Waals surface area contributed by atoms with Crippen LogP contribution >= 0.6 is 0 Å². The number of primary amides is 1. The third kappa shape index (κ3) is 3.12. The minimum absolute atomic E-state index is 0.0108. The Morgan fingerprint density at radius 3 is 2.52 bits per heavy atom. The first-order chi connectivity index (χ1) is 15.5. The van der Waals surface area contributed by atoms with Crippen LogP contribution in [0.5, 0.6) is 5.75 Å². The van der Waals surface area contributed by atoms with E-state index in [0.29, 0.717) is 11.1 Å². The van der Waals surface area contributed by atoms with Gasteiger partial charge in [0.25, 0.3) is 0 Å². The molecule has 0 heterocycles. The first kappa shape index (κ1) is 23.4. The lowest BCUT2D eigenvalue weighted by Crippen LogP contribution is -2.71. The van der Waals surface area contributed by atoms with Crippen LogP contribution in [0.25, 0.3) is 0 Å². The number of rotatable bonds is 4. The summed E-state index contributed by atoms with van der Waals surface area (Å²) < 4.78 is 5.22. The number of Topliss-reactive ketones (excluding diaryl/α,β-unsaturated/α-hetero) is 2. The van der Waals surface area contributed by atoms with Crippen molar-refractivity contribution in [3.63, 3.8) is 0 Å². The van der Waals surface area contributed by atoms with Crippen LogP contribution in [-0.2, 0) is 27.4 Å². The van der Waals surface area contributed by atoms with E-state index in [1.807, 2.05) is 0 Å². The molecule has 1 aromatic carbocycles. The van der Waals surface area contributed by atoms with Crippen molar-refractivity contribution in [3.05, 3.63) is 40.2 Å². The van der Waals surface area contributed by atoms with Gasteiger partial charge >= 0.3 is 0 Å². The van der Waals surface area contributed by atoms with Gasteiger partial charge in [0, 0.05) is 24.6 Å². The summed E-state index contributed by atoms with van der Waals surface area (Å²) in [5.74, 6) is -7.43. The SMILES string of the molecule is COCc1ccc(O)c2c1C[C@H]1C[C@H]3[C@H](N(C)C)C(O)C(C(N)=O)C(=O)[C@@]3(O)C(O)=C1C2=O. The van der Waals surface area contributed by atoms with Gasteiger partial charge in [0.15, 0.2) is 17.2 Å². The largest absolute Gasteiger partial charge is 0.508 e. The molecule has 10 nitrogen and oxygen atoms in total. The van der Waals surface area contributed by atoms with Gasteiger partial charge in [-0.15, -0.1) is 0 Å². The van der Waals surface area contributed by atoms with E-state index in [-0.39, 0.29) is 36.3 Å². The topological polar surface area (TPSA) is 171 Å². The van der Waals surface area contributed by atoms with Gasteiger partial charge in [0.2, 0.25) is 5.91 Å². The Morgan fingerprint density at radius 2 is 1.94 bits per heavy atom. The van der Waals surface area contributed by atoms with Crippen LogP contribution in [0.2, 0.25) is 0 Å². The zero-order valence-corrected chi connectivity index (χ0v) is 18.6. The van der Waals surface area contributed by atoms with Crippen molar-refractivity contribution >= 4 is 17.5 Å². The second-order valence-electron chi connectivity index (χ2n) is 9.32. The van der Waals surface area contributed by atoms with Crippen LogP contribution in [0.15, 0.2) is 23.5 Å². The lowest BCUT2D eigenvalue weighted by Gasteiger charge is -2.53. The first-order valence-corrected chi connectivity index (χ1v) is 10.7. The molecule has 0 radical (unpaired) electrons. The van der Waals surface area contributed by atoms with Gasteiger partial charge in [-0.3, -0.25) is 14.4 Å². The highest BCUT2D eigenvalue weighted by Gasteiger charge is 2.66. The quantitative estimate of drug-likeness (QED) is 0.369. The predicted octanol–water partition coefficient (Wildman–Crippen LogP) is -0.568. The molecule has 4 rings (SSSR count). The molecule has 0 saturated heterocycles. The van der Waals surface area contributed by atoms with Gasteiger partial charge in [-0.05, 0) is 50.0 Å². The van der Waals surface area contributed by atoms with Crippen LogP contribution in [0, 0.1) is 17.8 Å². The van der Waals surface area contributed by atoms with Gasteiger partial charge in [-0.2, -0.15) is 0 Å². The average Bonchev–Trinajstić information content (AvgIpc) is 2.72. The van der Waals surface area contributed by atoms with Gasteiger partial charge < -0.3 is 35.8 Å². The molecule has 3 aliphatic carbocycles. The number of aromatic hydroxyl groups is 1. The van der Waals surface area contributed by atoms with E-state index in [1.165, 1.54) is 13.2 Å². The standard InChI is InChI=1S/C23H28N2O8/c1-25(2)17-12-7-10-6-11-9(8-33-3)4-5-13(26)15(11)18(27)14(10)20(29)23(12,32)21(30)16(19(17)28)22(24)31/h4-5,10,12,16-17,19,26,28-29,32H,6-8H2,1-3H3,(H2,24,31)/t10-,12-,16?,17-,19?,23-/m0/s1. The number of nitrogens with zero attached hydrogens (tertiary/aromatic N) is 1. The van der Waals surface area contributed by atoms with Crippen molar-refractivity contribution < 1.29 is 39.5 Å². The Balaban J connectivity index is 1.93. The molecule has 10 heteroatoms. The van der Waals surface area contributed by atoms with E-state index in [4.69, 9.17) is 10.5 Å². The number of hydrogen-bond acceptors (Lipinski definition) is 9. The minimum atomic E-state index is -2.58. The zero-order chi connectivity index (χ0) is 24.4. The third-order valence-electron chi connectivity index (χ3n) is 7.37. The van der Waals surface area contributed by atoms with E-state index in [9.17, 15) is 34.8 Å². The molecule has 6 atom stereocenters. The molecule has 0 bridgehead atoms. The summed E-state index contributed by atoms with van der Waals surface area (Å²) >= 11 is 0. The van der Waals surface area contributed by atoms with Crippen molar-refractivity contribution in [1.29, 1.82) is 0 Å². The number of benzene rings is 1. The number of carbonyl (C=O) groups excluding carboxylic acids is 3. The summed E-state index contributed by atoms with van der Waals surface area (Å²) in [6.45, 7) is 0.207. The highest BCUT2D eigenvalue weighted by Crippen LogP contribution is 2.52. The molecule has 0 aliphatic heterocycles. The number of carbonyl (C=O) groups is 3. The van der Waals surface area contributed by atoms with Crippen LogP contribution in [0.4, 0.5) is 0 Å². The summed E-state index contributed by atoms with van der Waals surface area (Å²) in [6.07, 6.45) is -1.16. The minimum Gasteiger partial charge on any atom is -0.508 e. The molecule has 178 valence electrons. The monoisotopic (exact) mass is 460 g/mol. The Labute approximate surface area is 190 Å². The molecular weight excluding hydrogens is 432 g/mol. The Hall–Kier alpha value is -2.79. The van der Waals surface area contributed by atoms with E-state index < -0.39 is 58.7 Å². The molecule has 3 aliphatic rings. The lowest BCUT2D eigenvalue weighted by molar-refractivity contribution is -0.178. The number of ether oxygens (including phenoxy) is 1. The summed E-state index contributed by atoms with van der Waals surface area (Å²) in [5, 5.41) is 44.0. The zero-order valence-electron chi connectivity index (χ0n) is 18.6. The van der Waals surface area contributed by atoms with E-state index in [1.54, 1.807) is 25.1 Å². The van der Waals surface area contributed by atoms with Crippen LogP contribution in [0.3, 0.4) is 0 Å². The van der Waals surface area contributed by atoms with Crippen molar-refractivity contribution in [2.45, 2.75) is 37.2 Å². The van der Waals surface area contributed by atoms with Gasteiger partial charge in [0.05, 0.1) is 18.3 Å². The van der Waals surface area contributed by atoms with Crippen molar-refractivity contribution in [3.8, 4) is 5.75 Å². The fraction of sp³-hybridized carbons (Fsp3) is 0.522. The number of methoxy groups -OCH3 is 1. The van der Waals surface area contributed by atoms with E-state index >= 15 is 0 Å². The fourth-order valence-electron chi connectivity index (χ4n) is 5.96. The number of ketones is 2. The Bertz CT molecular complexity index is 1080. The summed E-state index contributed by atoms with van der Waals surface area (Å²) in [7, 11) is 4.75. The maximum absolute atomic E-state index is 13.5. The average molecular weight is 460 g/mol. The molecule has 6 N–H and O–H groups in total. The fourth-order valence-corrected chi connectivity index (χ4v) is 5.96. The first-order valence-electron chi connectivity index (χ1n) is 10.7. The molecule has 0 aromatic heterocycles. The molecule has 1 fully saturated rings. The second-order valence-corrected chi connectivity index (χ2v) is 9.32. The molecule has 1 aromatic rings. The molecule has 1 amide bonds. The molecular formula is C23H28N2O8. The van der Waals surface area contributed by atoms with E-state index in [2.05, 4.69) is 0 Å². The maximum atomic E-state index is 13.5. The van der Waals surface area contributed by atoms with E-state index in [0.717, 1.165) is 0 Å². The van der Waals surface area contributed by atoms with Gasteiger partial charge in [-0.25, -0.2) is 0 Å². The normalized spacial score (nSPS) is 33.6. The lowest BCUT2D eigenvalue weighted by atomic mass is 9.56. The molecule has 33 heavy (non-hydrogen) atoms. The van der Waals surface area contributed by atoms with Crippen molar-refractivity contribution in [1.82, 2.24) is 4.90 Å². The summed E-state index contributed by atoms with van der Waals surface area (Å²) in [4.78, 5) is 40.3. The number of likely N-dealkylation sites (N-methyl/N-ethyl adjacent to an activating group) is 1. The number of hydrogen-bond donors (Lipinski definition) is 5. The molecule has 1 saturated carbocycles. The van der Waals surface area contributed by atoms with Crippen molar-refractivity contribution in [2.24, 2.45) is 23.5 Å². The van der Waals surface area contributed by atoms with Crippen LogP contribution in [0.1, 0.15) is 27.9 Å². The number of phenolic OH excluding ortho intramolecular Hbond substituents is 1. The van der Waals surface area contributed by atoms with Gasteiger partial charge in [0.1, 0.15) is 17.4 Å². The number of amides is 1.